The van der Waals surface area contributed by atoms with E-state index >= 15 is 0 Å². The maximum absolute atomic E-state index is 12.0. The Morgan fingerprint density at radius 2 is 1.58 bits per heavy atom. The van der Waals surface area contributed by atoms with Crippen LogP contribution in [0.25, 0.3) is 33.3 Å². The highest BCUT2D eigenvalue weighted by atomic mass is 16.5. The molecule has 31 heavy (non-hydrogen) atoms. The standard InChI is InChI=1S/C27H25NO3/c1-3-4-5-18-6-8-19(9-7-18)21-12-15-25-23(16-21)24(27(29)30)17-26(28-25)20-10-13-22(31-2)14-11-20/h6-17H,3-5H2,1-2H3,(H,29,30). The van der Waals surface area contributed by atoms with Crippen molar-refractivity contribution in [2.75, 3.05) is 7.11 Å². The van der Waals surface area contributed by atoms with E-state index in [1.54, 1.807) is 13.2 Å². The molecule has 4 rings (SSSR count). The van der Waals surface area contributed by atoms with Gasteiger partial charge in [0.15, 0.2) is 0 Å². The zero-order valence-corrected chi connectivity index (χ0v) is 17.8. The molecule has 1 heterocycles. The lowest BCUT2D eigenvalue weighted by Crippen LogP contribution is -2.00. The van der Waals surface area contributed by atoms with Gasteiger partial charge >= 0.3 is 5.97 Å². The molecule has 156 valence electrons. The Labute approximate surface area is 182 Å². The second kappa shape index (κ2) is 9.00. The number of hydrogen-bond donors (Lipinski definition) is 1. The van der Waals surface area contributed by atoms with Crippen molar-refractivity contribution >= 4 is 16.9 Å². The second-order valence-corrected chi connectivity index (χ2v) is 7.62. The molecule has 4 aromatic rings. The molecule has 0 radical (unpaired) electrons. The molecule has 0 aliphatic rings. The van der Waals surface area contributed by atoms with Crippen molar-refractivity contribution in [1.29, 1.82) is 0 Å². The Balaban J connectivity index is 1.75. The molecular formula is C27H25NO3. The highest BCUT2D eigenvalue weighted by Gasteiger charge is 2.14. The Bertz CT molecular complexity index is 1210. The summed E-state index contributed by atoms with van der Waals surface area (Å²) < 4.78 is 5.20. The summed E-state index contributed by atoms with van der Waals surface area (Å²) in [5.41, 5.74) is 5.75. The number of aryl methyl sites for hydroxylation is 1. The van der Waals surface area contributed by atoms with Crippen LogP contribution < -0.4 is 4.74 Å². The van der Waals surface area contributed by atoms with Crippen LogP contribution >= 0.6 is 0 Å². The fourth-order valence-electron chi connectivity index (χ4n) is 3.74. The van der Waals surface area contributed by atoms with Crippen LogP contribution in [-0.4, -0.2) is 23.2 Å². The summed E-state index contributed by atoms with van der Waals surface area (Å²) in [5.74, 6) is -0.220. The molecule has 4 nitrogen and oxygen atoms in total. The van der Waals surface area contributed by atoms with Crippen LogP contribution in [-0.2, 0) is 6.42 Å². The van der Waals surface area contributed by atoms with E-state index in [1.807, 2.05) is 42.5 Å². The van der Waals surface area contributed by atoms with E-state index in [9.17, 15) is 9.90 Å². The van der Waals surface area contributed by atoms with Crippen molar-refractivity contribution in [2.24, 2.45) is 0 Å². The average Bonchev–Trinajstić information content (AvgIpc) is 2.82. The van der Waals surface area contributed by atoms with Gasteiger partial charge in [0.25, 0.3) is 0 Å². The highest BCUT2D eigenvalue weighted by Crippen LogP contribution is 2.30. The third-order valence-electron chi connectivity index (χ3n) is 5.53. The lowest BCUT2D eigenvalue weighted by atomic mass is 9.98. The fourth-order valence-corrected chi connectivity index (χ4v) is 3.74. The van der Waals surface area contributed by atoms with Crippen molar-refractivity contribution in [3.8, 4) is 28.1 Å². The summed E-state index contributed by atoms with van der Waals surface area (Å²) in [6.07, 6.45) is 3.44. The first-order valence-electron chi connectivity index (χ1n) is 10.5. The Hall–Kier alpha value is -3.66. The van der Waals surface area contributed by atoms with Crippen LogP contribution in [0.5, 0.6) is 5.75 Å². The summed E-state index contributed by atoms with van der Waals surface area (Å²) in [4.78, 5) is 16.8. The zero-order chi connectivity index (χ0) is 21.8. The number of carboxylic acid groups (broad SMARTS) is 1. The summed E-state index contributed by atoms with van der Waals surface area (Å²) >= 11 is 0. The van der Waals surface area contributed by atoms with Crippen LogP contribution in [0.4, 0.5) is 0 Å². The molecule has 0 bridgehead atoms. The Morgan fingerprint density at radius 1 is 0.903 bits per heavy atom. The summed E-state index contributed by atoms with van der Waals surface area (Å²) in [5, 5.41) is 10.5. The number of rotatable bonds is 7. The summed E-state index contributed by atoms with van der Waals surface area (Å²) in [6.45, 7) is 2.19. The molecule has 3 aromatic carbocycles. The van der Waals surface area contributed by atoms with E-state index < -0.39 is 5.97 Å². The number of pyridine rings is 1. The van der Waals surface area contributed by atoms with Gasteiger partial charge in [0.05, 0.1) is 23.9 Å². The third kappa shape index (κ3) is 4.43. The van der Waals surface area contributed by atoms with Gasteiger partial charge in [-0.2, -0.15) is 0 Å². The van der Waals surface area contributed by atoms with Crippen molar-refractivity contribution < 1.29 is 14.6 Å². The van der Waals surface area contributed by atoms with Gasteiger partial charge in [-0.3, -0.25) is 0 Å². The third-order valence-corrected chi connectivity index (χ3v) is 5.53. The number of unbranched alkanes of at least 4 members (excludes halogenated alkanes) is 1. The fraction of sp³-hybridized carbons (Fsp3) is 0.185. The van der Waals surface area contributed by atoms with Crippen LogP contribution in [0, 0.1) is 0 Å². The Kier molecular flexibility index (Phi) is 5.99. The number of hydrogen-bond acceptors (Lipinski definition) is 3. The number of carbonyl (C=O) groups is 1. The smallest absolute Gasteiger partial charge is 0.336 e. The van der Waals surface area contributed by atoms with E-state index in [-0.39, 0.29) is 5.56 Å². The monoisotopic (exact) mass is 411 g/mol. The minimum absolute atomic E-state index is 0.247. The summed E-state index contributed by atoms with van der Waals surface area (Å²) in [7, 11) is 1.61. The molecule has 0 unspecified atom stereocenters. The first-order valence-corrected chi connectivity index (χ1v) is 10.5. The van der Waals surface area contributed by atoms with Gasteiger partial charge in [0, 0.05) is 10.9 Å². The molecule has 0 atom stereocenters. The predicted octanol–water partition coefficient (Wildman–Crippen LogP) is 6.62. The minimum atomic E-state index is -0.964. The van der Waals surface area contributed by atoms with Gasteiger partial charge in [-0.25, -0.2) is 9.78 Å². The lowest BCUT2D eigenvalue weighted by molar-refractivity contribution is 0.0699. The molecule has 0 saturated carbocycles. The first-order chi connectivity index (χ1) is 15.1. The Morgan fingerprint density at radius 3 is 2.23 bits per heavy atom. The number of fused-ring (bicyclic) bond motifs is 1. The highest BCUT2D eigenvalue weighted by molar-refractivity contribution is 6.05. The topological polar surface area (TPSA) is 59.4 Å². The quantitative estimate of drug-likeness (QED) is 0.371. The van der Waals surface area contributed by atoms with Gasteiger partial charge < -0.3 is 9.84 Å². The van der Waals surface area contributed by atoms with Gasteiger partial charge in [0.2, 0.25) is 0 Å². The number of nitrogens with zero attached hydrogens (tertiary/aromatic N) is 1. The lowest BCUT2D eigenvalue weighted by Gasteiger charge is -2.10. The van der Waals surface area contributed by atoms with Crippen molar-refractivity contribution in [2.45, 2.75) is 26.2 Å². The van der Waals surface area contributed by atoms with Crippen LogP contribution in [0.15, 0.2) is 72.8 Å². The van der Waals surface area contributed by atoms with Crippen molar-refractivity contribution in [1.82, 2.24) is 4.98 Å². The molecule has 0 aliphatic carbocycles. The predicted molar refractivity (Wildman–Crippen MR) is 125 cm³/mol. The number of aromatic carboxylic acids is 1. The van der Waals surface area contributed by atoms with Crippen LogP contribution in [0.1, 0.15) is 35.7 Å². The van der Waals surface area contributed by atoms with Crippen molar-refractivity contribution in [3.05, 3.63) is 83.9 Å². The number of benzene rings is 3. The average molecular weight is 412 g/mol. The SMILES string of the molecule is CCCCc1ccc(-c2ccc3nc(-c4ccc(OC)cc4)cc(C(=O)O)c3c2)cc1. The number of methoxy groups -OCH3 is 1. The molecule has 1 aromatic heterocycles. The van der Waals surface area contributed by atoms with E-state index in [1.165, 1.54) is 18.4 Å². The largest absolute Gasteiger partial charge is 0.497 e. The van der Waals surface area contributed by atoms with Crippen LogP contribution in [0.2, 0.25) is 0 Å². The van der Waals surface area contributed by atoms with E-state index in [4.69, 9.17) is 9.72 Å². The number of ether oxygens (including phenoxy) is 1. The summed E-state index contributed by atoms with van der Waals surface area (Å²) in [6, 6.07) is 23.4. The first kappa shape index (κ1) is 20.6. The minimum Gasteiger partial charge on any atom is -0.497 e. The zero-order valence-electron chi connectivity index (χ0n) is 17.8. The molecule has 0 spiro atoms. The maximum atomic E-state index is 12.0. The number of carboxylic acids is 1. The van der Waals surface area contributed by atoms with Gasteiger partial charge in [-0.1, -0.05) is 43.7 Å². The van der Waals surface area contributed by atoms with Gasteiger partial charge in [0.1, 0.15) is 5.75 Å². The van der Waals surface area contributed by atoms with Gasteiger partial charge in [-0.15, -0.1) is 0 Å². The van der Waals surface area contributed by atoms with E-state index in [0.717, 1.165) is 28.9 Å². The molecule has 1 N–H and O–H groups in total. The van der Waals surface area contributed by atoms with Crippen molar-refractivity contribution in [3.63, 3.8) is 0 Å². The maximum Gasteiger partial charge on any atom is 0.336 e. The molecule has 0 saturated heterocycles. The molecule has 0 aliphatic heterocycles. The molecule has 4 heteroatoms. The molecule has 0 amide bonds. The second-order valence-electron chi connectivity index (χ2n) is 7.62. The van der Waals surface area contributed by atoms with Crippen LogP contribution in [0.3, 0.4) is 0 Å². The normalized spacial score (nSPS) is 10.9. The number of aromatic nitrogens is 1. The molecule has 0 fully saturated rings. The molecular weight excluding hydrogens is 386 g/mol. The van der Waals surface area contributed by atoms with E-state index in [2.05, 4.69) is 31.2 Å². The van der Waals surface area contributed by atoms with Gasteiger partial charge in [-0.05, 0) is 72.0 Å². The van der Waals surface area contributed by atoms with E-state index in [0.29, 0.717) is 16.6 Å².